The number of Topliss-reactive ketones (excluding diaryl/α,β-unsaturated/α-hetero) is 1. The van der Waals surface area contributed by atoms with E-state index in [9.17, 15) is 9.59 Å². The van der Waals surface area contributed by atoms with Crippen LogP contribution in [0.15, 0.2) is 11.4 Å². The van der Waals surface area contributed by atoms with Gasteiger partial charge in [-0.05, 0) is 24.3 Å². The standard InChI is InChI=1S/C13H15NO3S/c1-17-13(16)12-11(4-5-18-12)14-8-2-3-9(14)7-10(15)6-8/h4-5,8-9H,2-3,6-7H2,1H3. The number of thiophene rings is 1. The van der Waals surface area contributed by atoms with Gasteiger partial charge in [0.15, 0.2) is 0 Å². The number of piperidine rings is 1. The lowest BCUT2D eigenvalue weighted by molar-refractivity contribution is -0.120. The minimum Gasteiger partial charge on any atom is -0.465 e. The lowest BCUT2D eigenvalue weighted by Gasteiger charge is -2.35. The lowest BCUT2D eigenvalue weighted by atomic mass is 10.0. The minimum atomic E-state index is -0.281. The molecular weight excluding hydrogens is 250 g/mol. The summed E-state index contributed by atoms with van der Waals surface area (Å²) in [6.45, 7) is 0. The Bertz CT molecular complexity index is 480. The Hall–Kier alpha value is -1.36. The van der Waals surface area contributed by atoms with E-state index in [1.807, 2.05) is 11.4 Å². The fourth-order valence-electron chi connectivity index (χ4n) is 3.12. The number of rotatable bonds is 2. The molecule has 3 rings (SSSR count). The number of fused-ring (bicyclic) bond motifs is 2. The Labute approximate surface area is 110 Å². The van der Waals surface area contributed by atoms with E-state index < -0.39 is 0 Å². The van der Waals surface area contributed by atoms with Gasteiger partial charge < -0.3 is 9.64 Å². The molecule has 1 aromatic heterocycles. The molecule has 2 bridgehead atoms. The average molecular weight is 265 g/mol. The van der Waals surface area contributed by atoms with E-state index in [0.717, 1.165) is 18.5 Å². The number of ketones is 1. The van der Waals surface area contributed by atoms with Gasteiger partial charge in [0.2, 0.25) is 0 Å². The molecular formula is C13H15NO3S. The van der Waals surface area contributed by atoms with Crippen molar-refractivity contribution >= 4 is 28.8 Å². The molecule has 3 heterocycles. The number of hydrogen-bond acceptors (Lipinski definition) is 5. The van der Waals surface area contributed by atoms with E-state index in [4.69, 9.17) is 4.74 Å². The summed E-state index contributed by atoms with van der Waals surface area (Å²) in [5, 5.41) is 1.91. The molecule has 2 aliphatic rings. The molecule has 0 N–H and O–H groups in total. The zero-order valence-corrected chi connectivity index (χ0v) is 11.0. The van der Waals surface area contributed by atoms with Crippen molar-refractivity contribution in [3.8, 4) is 0 Å². The summed E-state index contributed by atoms with van der Waals surface area (Å²) in [6.07, 6.45) is 3.33. The SMILES string of the molecule is COC(=O)c1sccc1N1C2CCC1CC(=O)C2. The van der Waals surface area contributed by atoms with Crippen molar-refractivity contribution in [1.29, 1.82) is 0 Å². The average Bonchev–Trinajstić information content (AvgIpc) is 2.91. The number of carbonyl (C=O) groups is 2. The van der Waals surface area contributed by atoms with Gasteiger partial charge in [0.05, 0.1) is 12.8 Å². The van der Waals surface area contributed by atoms with Crippen molar-refractivity contribution in [2.24, 2.45) is 0 Å². The summed E-state index contributed by atoms with van der Waals surface area (Å²) in [4.78, 5) is 26.3. The van der Waals surface area contributed by atoms with Crippen LogP contribution < -0.4 is 4.90 Å². The molecule has 2 fully saturated rings. The highest BCUT2D eigenvalue weighted by Crippen LogP contribution is 2.41. The number of methoxy groups -OCH3 is 1. The van der Waals surface area contributed by atoms with Crippen LogP contribution in [0.25, 0.3) is 0 Å². The first kappa shape index (κ1) is 11.7. The van der Waals surface area contributed by atoms with Crippen molar-refractivity contribution in [1.82, 2.24) is 0 Å². The second kappa shape index (κ2) is 4.39. The predicted octanol–water partition coefficient (Wildman–Crippen LogP) is 2.24. The summed E-state index contributed by atoms with van der Waals surface area (Å²) in [5.41, 5.74) is 0.951. The molecule has 0 radical (unpaired) electrons. The van der Waals surface area contributed by atoms with Crippen LogP contribution in [-0.2, 0) is 9.53 Å². The van der Waals surface area contributed by atoms with Crippen LogP contribution in [0.5, 0.6) is 0 Å². The number of esters is 1. The van der Waals surface area contributed by atoms with Gasteiger partial charge in [0.25, 0.3) is 0 Å². The maximum Gasteiger partial charge on any atom is 0.350 e. The predicted molar refractivity (Wildman–Crippen MR) is 69.2 cm³/mol. The number of carbonyl (C=O) groups excluding carboxylic acids is 2. The molecule has 0 spiro atoms. The molecule has 4 nitrogen and oxygen atoms in total. The fraction of sp³-hybridized carbons (Fsp3) is 0.538. The van der Waals surface area contributed by atoms with E-state index in [2.05, 4.69) is 4.90 Å². The topological polar surface area (TPSA) is 46.6 Å². The number of hydrogen-bond donors (Lipinski definition) is 0. The first-order valence-electron chi connectivity index (χ1n) is 6.16. The Morgan fingerprint density at radius 1 is 1.39 bits per heavy atom. The normalized spacial score (nSPS) is 26.5. The van der Waals surface area contributed by atoms with E-state index in [-0.39, 0.29) is 18.1 Å². The summed E-state index contributed by atoms with van der Waals surface area (Å²) >= 11 is 1.41. The summed E-state index contributed by atoms with van der Waals surface area (Å²) in [6, 6.07) is 2.52. The summed E-state index contributed by atoms with van der Waals surface area (Å²) in [7, 11) is 1.40. The van der Waals surface area contributed by atoms with Crippen LogP contribution in [-0.4, -0.2) is 30.9 Å². The van der Waals surface area contributed by atoms with Gasteiger partial charge in [-0.2, -0.15) is 0 Å². The monoisotopic (exact) mass is 265 g/mol. The van der Waals surface area contributed by atoms with Crippen molar-refractivity contribution in [2.45, 2.75) is 37.8 Å². The number of nitrogens with zero attached hydrogens (tertiary/aromatic N) is 1. The van der Waals surface area contributed by atoms with Crippen molar-refractivity contribution in [2.75, 3.05) is 12.0 Å². The van der Waals surface area contributed by atoms with Gasteiger partial charge in [-0.15, -0.1) is 11.3 Å². The van der Waals surface area contributed by atoms with Crippen LogP contribution in [0.4, 0.5) is 5.69 Å². The Morgan fingerprint density at radius 3 is 2.67 bits per heavy atom. The molecule has 0 aromatic carbocycles. The third-order valence-corrected chi connectivity index (χ3v) is 4.72. The molecule has 18 heavy (non-hydrogen) atoms. The highest BCUT2D eigenvalue weighted by molar-refractivity contribution is 7.12. The molecule has 2 saturated heterocycles. The van der Waals surface area contributed by atoms with Gasteiger partial charge in [-0.1, -0.05) is 0 Å². The van der Waals surface area contributed by atoms with Crippen LogP contribution in [0.3, 0.4) is 0 Å². The minimum absolute atomic E-state index is 0.272. The van der Waals surface area contributed by atoms with Crippen LogP contribution >= 0.6 is 11.3 Å². The Morgan fingerprint density at radius 2 is 2.06 bits per heavy atom. The largest absolute Gasteiger partial charge is 0.465 e. The van der Waals surface area contributed by atoms with E-state index in [1.54, 1.807) is 0 Å². The molecule has 96 valence electrons. The van der Waals surface area contributed by atoms with E-state index in [1.165, 1.54) is 18.4 Å². The van der Waals surface area contributed by atoms with Gasteiger partial charge in [0, 0.05) is 24.9 Å². The van der Waals surface area contributed by atoms with Crippen LogP contribution in [0, 0.1) is 0 Å². The van der Waals surface area contributed by atoms with Crippen molar-refractivity contribution in [3.05, 3.63) is 16.3 Å². The molecule has 0 saturated carbocycles. The Kier molecular flexibility index (Phi) is 2.86. The maximum atomic E-state index is 11.7. The second-order valence-corrected chi connectivity index (χ2v) is 5.78. The molecule has 2 unspecified atom stereocenters. The smallest absolute Gasteiger partial charge is 0.350 e. The van der Waals surface area contributed by atoms with Crippen molar-refractivity contribution in [3.63, 3.8) is 0 Å². The second-order valence-electron chi connectivity index (χ2n) is 4.87. The number of anilines is 1. The first-order valence-corrected chi connectivity index (χ1v) is 7.04. The molecule has 0 amide bonds. The van der Waals surface area contributed by atoms with E-state index in [0.29, 0.717) is 23.5 Å². The van der Waals surface area contributed by atoms with E-state index >= 15 is 0 Å². The molecule has 2 atom stereocenters. The molecule has 5 heteroatoms. The third kappa shape index (κ3) is 1.73. The van der Waals surface area contributed by atoms with Gasteiger partial charge in [-0.3, -0.25) is 4.79 Å². The maximum absolute atomic E-state index is 11.7. The summed E-state index contributed by atoms with van der Waals surface area (Å²) in [5.74, 6) is 0.0740. The fourth-order valence-corrected chi connectivity index (χ4v) is 3.92. The van der Waals surface area contributed by atoms with Crippen molar-refractivity contribution < 1.29 is 14.3 Å². The molecule has 0 aliphatic carbocycles. The zero-order chi connectivity index (χ0) is 12.7. The highest BCUT2D eigenvalue weighted by atomic mass is 32.1. The van der Waals surface area contributed by atoms with Crippen LogP contribution in [0.2, 0.25) is 0 Å². The van der Waals surface area contributed by atoms with Crippen LogP contribution in [0.1, 0.15) is 35.4 Å². The van der Waals surface area contributed by atoms with Gasteiger partial charge in [0.1, 0.15) is 10.7 Å². The third-order valence-electron chi connectivity index (χ3n) is 3.84. The summed E-state index contributed by atoms with van der Waals surface area (Å²) < 4.78 is 4.82. The Balaban J connectivity index is 1.94. The number of ether oxygens (including phenoxy) is 1. The quantitative estimate of drug-likeness (QED) is 0.769. The molecule has 2 aliphatic heterocycles. The lowest BCUT2D eigenvalue weighted by Crippen LogP contribution is -2.43. The van der Waals surface area contributed by atoms with Gasteiger partial charge >= 0.3 is 5.97 Å². The molecule has 1 aromatic rings. The zero-order valence-electron chi connectivity index (χ0n) is 10.2. The first-order chi connectivity index (χ1) is 8.70. The van der Waals surface area contributed by atoms with Gasteiger partial charge in [-0.25, -0.2) is 4.79 Å². The highest BCUT2D eigenvalue weighted by Gasteiger charge is 2.41.